The molecule has 2 aliphatic rings. The number of allylic oxidation sites excluding steroid dienone is 2. The van der Waals surface area contributed by atoms with E-state index in [-0.39, 0.29) is 34.2 Å². The van der Waals surface area contributed by atoms with Crippen molar-refractivity contribution in [2.24, 2.45) is 17.6 Å². The summed E-state index contributed by atoms with van der Waals surface area (Å²) in [5.74, 6) is -1.77. The molecule has 5 nitrogen and oxygen atoms in total. The molecule has 0 saturated carbocycles. The lowest BCUT2D eigenvalue weighted by atomic mass is 9.85. The molecule has 0 radical (unpaired) electrons. The molecule has 3 rings (SSSR count). The average Bonchev–Trinajstić information content (AvgIpc) is 2.72. The molecule has 2 atom stereocenters. The highest BCUT2D eigenvalue weighted by atomic mass is 35.5. The van der Waals surface area contributed by atoms with Gasteiger partial charge in [-0.15, -0.1) is 0 Å². The zero-order chi connectivity index (χ0) is 15.1. The maximum atomic E-state index is 12.4. The molecule has 1 heterocycles. The number of anilines is 1. The molecule has 2 unspecified atom stereocenters. The highest BCUT2D eigenvalue weighted by Gasteiger charge is 2.47. The molecular weight excluding hydrogens is 292 g/mol. The minimum absolute atomic E-state index is 0.0998. The Kier molecular flexibility index (Phi) is 3.29. The van der Waals surface area contributed by atoms with Crippen molar-refractivity contribution in [3.63, 3.8) is 0 Å². The second-order valence-electron chi connectivity index (χ2n) is 5.20. The molecule has 1 saturated heterocycles. The summed E-state index contributed by atoms with van der Waals surface area (Å²) in [5.41, 5.74) is 5.69. The molecule has 0 bridgehead atoms. The van der Waals surface area contributed by atoms with E-state index in [9.17, 15) is 14.4 Å². The summed E-state index contributed by atoms with van der Waals surface area (Å²) < 4.78 is 0. The number of amides is 3. The quantitative estimate of drug-likeness (QED) is 0.669. The summed E-state index contributed by atoms with van der Waals surface area (Å²) in [4.78, 5) is 37.4. The third kappa shape index (κ3) is 2.14. The van der Waals surface area contributed by atoms with Crippen molar-refractivity contribution < 1.29 is 14.4 Å². The van der Waals surface area contributed by atoms with Crippen LogP contribution in [0.3, 0.4) is 0 Å². The van der Waals surface area contributed by atoms with Gasteiger partial charge in [0, 0.05) is 0 Å². The summed E-state index contributed by atoms with van der Waals surface area (Å²) in [6.07, 6.45) is 4.99. The maximum absolute atomic E-state index is 12.4. The van der Waals surface area contributed by atoms with Gasteiger partial charge in [-0.25, -0.2) is 0 Å². The van der Waals surface area contributed by atoms with Gasteiger partial charge in [-0.2, -0.15) is 0 Å². The largest absolute Gasteiger partial charge is 0.366 e. The number of carbonyl (C=O) groups is 3. The number of carbonyl (C=O) groups excluding carboxylic acids is 3. The fraction of sp³-hybridized carbons (Fsp3) is 0.267. The number of rotatable bonds is 2. The molecule has 1 fully saturated rings. The Morgan fingerprint density at radius 2 is 1.71 bits per heavy atom. The van der Waals surface area contributed by atoms with Gasteiger partial charge in [0.15, 0.2) is 0 Å². The van der Waals surface area contributed by atoms with Gasteiger partial charge in [-0.1, -0.05) is 23.8 Å². The Morgan fingerprint density at radius 1 is 1.14 bits per heavy atom. The predicted molar refractivity (Wildman–Crippen MR) is 77.8 cm³/mol. The van der Waals surface area contributed by atoms with Crippen molar-refractivity contribution in [2.75, 3.05) is 4.90 Å². The summed E-state index contributed by atoms with van der Waals surface area (Å²) in [6.45, 7) is 0. The molecule has 108 valence electrons. The van der Waals surface area contributed by atoms with Gasteiger partial charge in [-0.05, 0) is 31.0 Å². The standard InChI is InChI=1S/C15H13ClN2O3/c16-12-6-5-8(7-11(12)13(17)19)18-14(20)9-3-1-2-4-10(9)15(18)21/h1-2,5-7,9-10H,3-4H2,(H2,17,19). The van der Waals surface area contributed by atoms with E-state index >= 15 is 0 Å². The Morgan fingerprint density at radius 3 is 2.24 bits per heavy atom. The van der Waals surface area contributed by atoms with Crippen LogP contribution >= 0.6 is 11.6 Å². The molecule has 1 aliphatic heterocycles. The second-order valence-corrected chi connectivity index (χ2v) is 5.60. The average molecular weight is 305 g/mol. The zero-order valence-corrected chi connectivity index (χ0v) is 11.8. The minimum Gasteiger partial charge on any atom is -0.366 e. The van der Waals surface area contributed by atoms with Crippen molar-refractivity contribution in [3.8, 4) is 0 Å². The van der Waals surface area contributed by atoms with Crippen LogP contribution in [0.15, 0.2) is 30.4 Å². The number of halogens is 1. The summed E-state index contributed by atoms with van der Waals surface area (Å²) >= 11 is 5.89. The van der Waals surface area contributed by atoms with E-state index in [0.29, 0.717) is 18.5 Å². The first-order valence-electron chi connectivity index (χ1n) is 6.63. The number of imide groups is 1. The van der Waals surface area contributed by atoms with Gasteiger partial charge in [-0.3, -0.25) is 19.3 Å². The highest BCUT2D eigenvalue weighted by molar-refractivity contribution is 6.34. The first-order chi connectivity index (χ1) is 10.0. The molecule has 2 N–H and O–H groups in total. The van der Waals surface area contributed by atoms with Crippen LogP contribution in [0.1, 0.15) is 23.2 Å². The number of nitrogens with zero attached hydrogens (tertiary/aromatic N) is 1. The Balaban J connectivity index is 2.01. The molecule has 1 aromatic carbocycles. The molecule has 6 heteroatoms. The van der Waals surface area contributed by atoms with Crippen LogP contribution in [0.4, 0.5) is 5.69 Å². The summed E-state index contributed by atoms with van der Waals surface area (Å²) in [5, 5.41) is 0.199. The number of fused-ring (bicyclic) bond motifs is 1. The Labute approximate surface area is 126 Å². The van der Waals surface area contributed by atoms with E-state index in [1.165, 1.54) is 12.1 Å². The van der Waals surface area contributed by atoms with Gasteiger partial charge in [0.2, 0.25) is 17.7 Å². The van der Waals surface area contributed by atoms with Crippen LogP contribution in [0.5, 0.6) is 0 Å². The van der Waals surface area contributed by atoms with Crippen LogP contribution < -0.4 is 10.6 Å². The van der Waals surface area contributed by atoms with Crippen molar-refractivity contribution in [2.45, 2.75) is 12.8 Å². The maximum Gasteiger partial charge on any atom is 0.250 e. The topological polar surface area (TPSA) is 80.5 Å². The Bertz CT molecular complexity index is 657. The lowest BCUT2D eigenvalue weighted by Crippen LogP contribution is -2.31. The third-order valence-electron chi connectivity index (χ3n) is 3.98. The van der Waals surface area contributed by atoms with Gasteiger partial charge in [0.05, 0.1) is 28.1 Å². The lowest BCUT2D eigenvalue weighted by Gasteiger charge is -2.16. The van der Waals surface area contributed by atoms with E-state index in [1.54, 1.807) is 6.07 Å². The monoisotopic (exact) mass is 304 g/mol. The smallest absolute Gasteiger partial charge is 0.250 e. The fourth-order valence-corrected chi connectivity index (χ4v) is 3.11. The van der Waals surface area contributed by atoms with E-state index in [1.807, 2.05) is 12.2 Å². The highest BCUT2D eigenvalue weighted by Crippen LogP contribution is 2.38. The number of benzene rings is 1. The van der Waals surface area contributed by atoms with Crippen molar-refractivity contribution in [1.29, 1.82) is 0 Å². The molecule has 1 aromatic rings. The third-order valence-corrected chi connectivity index (χ3v) is 4.31. The zero-order valence-electron chi connectivity index (χ0n) is 11.1. The van der Waals surface area contributed by atoms with Crippen LogP contribution in [0.25, 0.3) is 0 Å². The molecule has 1 aliphatic carbocycles. The van der Waals surface area contributed by atoms with E-state index in [2.05, 4.69) is 0 Å². The predicted octanol–water partition coefficient (Wildman–Crippen LogP) is 1.89. The van der Waals surface area contributed by atoms with Crippen LogP contribution in [-0.2, 0) is 9.59 Å². The number of hydrogen-bond donors (Lipinski definition) is 1. The van der Waals surface area contributed by atoms with E-state index < -0.39 is 5.91 Å². The van der Waals surface area contributed by atoms with Crippen molar-refractivity contribution in [1.82, 2.24) is 0 Å². The number of primary amides is 1. The number of hydrogen-bond acceptors (Lipinski definition) is 3. The normalized spacial score (nSPS) is 24.3. The van der Waals surface area contributed by atoms with Crippen LogP contribution in [0.2, 0.25) is 5.02 Å². The summed E-state index contributed by atoms with van der Waals surface area (Å²) in [7, 11) is 0. The van der Waals surface area contributed by atoms with E-state index in [0.717, 1.165) is 4.90 Å². The lowest BCUT2D eigenvalue weighted by molar-refractivity contribution is -0.122. The first-order valence-corrected chi connectivity index (χ1v) is 7.00. The van der Waals surface area contributed by atoms with E-state index in [4.69, 9.17) is 17.3 Å². The summed E-state index contributed by atoms with van der Waals surface area (Å²) in [6, 6.07) is 4.42. The van der Waals surface area contributed by atoms with Crippen LogP contribution in [0, 0.1) is 11.8 Å². The SMILES string of the molecule is NC(=O)c1cc(N2C(=O)C3CC=CCC3C2=O)ccc1Cl. The molecule has 0 spiro atoms. The van der Waals surface area contributed by atoms with Crippen molar-refractivity contribution in [3.05, 3.63) is 40.9 Å². The van der Waals surface area contributed by atoms with Gasteiger partial charge in [0.1, 0.15) is 0 Å². The molecule has 0 aromatic heterocycles. The second kappa shape index (κ2) is 5.00. The molecule has 3 amide bonds. The minimum atomic E-state index is -0.694. The first kappa shape index (κ1) is 13.8. The molecule has 21 heavy (non-hydrogen) atoms. The van der Waals surface area contributed by atoms with Crippen LogP contribution in [-0.4, -0.2) is 17.7 Å². The Hall–Kier alpha value is -2.14. The fourth-order valence-electron chi connectivity index (χ4n) is 2.90. The van der Waals surface area contributed by atoms with Gasteiger partial charge in [0.25, 0.3) is 0 Å². The number of nitrogens with two attached hydrogens (primary N) is 1. The van der Waals surface area contributed by atoms with Crippen molar-refractivity contribution >= 4 is 35.0 Å². The van der Waals surface area contributed by atoms with Gasteiger partial charge >= 0.3 is 0 Å². The molecular formula is C15H13ClN2O3. The van der Waals surface area contributed by atoms with Gasteiger partial charge < -0.3 is 5.73 Å².